The molecule has 4 rings (SSSR count). The van der Waals surface area contributed by atoms with E-state index in [1.165, 1.54) is 39.0 Å². The monoisotopic (exact) mass is 234 g/mol. The molecule has 4 fully saturated rings. The summed E-state index contributed by atoms with van der Waals surface area (Å²) in [6.07, 6.45) is 7.35. The van der Waals surface area contributed by atoms with Crippen LogP contribution >= 0.6 is 0 Å². The molecule has 0 radical (unpaired) electrons. The maximum absolute atomic E-state index is 10.9. The van der Waals surface area contributed by atoms with E-state index in [0.717, 1.165) is 35.5 Å². The van der Waals surface area contributed by atoms with E-state index in [-0.39, 0.29) is 5.97 Å². The largest absolute Gasteiger partial charge is 0.466 e. The average molecular weight is 234 g/mol. The second kappa shape index (κ2) is 3.49. The van der Waals surface area contributed by atoms with Crippen molar-refractivity contribution in [2.75, 3.05) is 6.61 Å². The third-order valence-electron chi connectivity index (χ3n) is 6.37. The molecular weight excluding hydrogens is 212 g/mol. The SMILES string of the molecule is CC(=O)OCC1CC2CC1C1C3CCC(C3)C21. The summed E-state index contributed by atoms with van der Waals surface area (Å²) in [5.41, 5.74) is 0. The van der Waals surface area contributed by atoms with Crippen molar-refractivity contribution >= 4 is 5.97 Å². The van der Waals surface area contributed by atoms with Gasteiger partial charge in [0.2, 0.25) is 0 Å². The molecule has 0 spiro atoms. The third-order valence-corrected chi connectivity index (χ3v) is 6.37. The van der Waals surface area contributed by atoms with E-state index < -0.39 is 0 Å². The van der Waals surface area contributed by atoms with Crippen molar-refractivity contribution in [3.63, 3.8) is 0 Å². The van der Waals surface area contributed by atoms with Gasteiger partial charge in [0, 0.05) is 6.92 Å². The Labute approximate surface area is 103 Å². The van der Waals surface area contributed by atoms with Crippen molar-refractivity contribution in [1.29, 1.82) is 0 Å². The normalized spacial score (nSPS) is 54.1. The van der Waals surface area contributed by atoms with Gasteiger partial charge in [-0.15, -0.1) is 0 Å². The Balaban J connectivity index is 1.49. The lowest BCUT2D eigenvalue weighted by Crippen LogP contribution is -2.34. The quantitative estimate of drug-likeness (QED) is 0.542. The van der Waals surface area contributed by atoms with E-state index >= 15 is 0 Å². The van der Waals surface area contributed by atoms with E-state index in [1.807, 2.05) is 0 Å². The van der Waals surface area contributed by atoms with Crippen LogP contribution < -0.4 is 0 Å². The minimum atomic E-state index is -0.0998. The number of fused-ring (bicyclic) bond motifs is 9. The van der Waals surface area contributed by atoms with Gasteiger partial charge in [-0.25, -0.2) is 0 Å². The van der Waals surface area contributed by atoms with Gasteiger partial charge in [-0.1, -0.05) is 0 Å². The minimum absolute atomic E-state index is 0.0998. The Morgan fingerprint density at radius 2 is 1.82 bits per heavy atom. The molecule has 2 heteroatoms. The van der Waals surface area contributed by atoms with Crippen molar-refractivity contribution in [3.8, 4) is 0 Å². The first-order valence-corrected chi connectivity index (χ1v) is 7.37. The van der Waals surface area contributed by atoms with Gasteiger partial charge >= 0.3 is 5.97 Å². The summed E-state index contributed by atoms with van der Waals surface area (Å²) in [7, 11) is 0. The van der Waals surface area contributed by atoms with Crippen molar-refractivity contribution in [2.45, 2.75) is 39.0 Å². The van der Waals surface area contributed by atoms with E-state index in [1.54, 1.807) is 0 Å². The number of ether oxygens (including phenoxy) is 1. The Morgan fingerprint density at radius 1 is 1.06 bits per heavy atom. The lowest BCUT2D eigenvalue weighted by atomic mass is 9.68. The summed E-state index contributed by atoms with van der Waals surface area (Å²) in [6.45, 7) is 2.24. The lowest BCUT2D eigenvalue weighted by Gasteiger charge is -2.38. The van der Waals surface area contributed by atoms with Crippen LogP contribution in [0.2, 0.25) is 0 Å². The molecule has 0 aliphatic heterocycles. The van der Waals surface area contributed by atoms with Gasteiger partial charge in [-0.3, -0.25) is 4.79 Å². The van der Waals surface area contributed by atoms with Crippen LogP contribution in [0.15, 0.2) is 0 Å². The van der Waals surface area contributed by atoms with Gasteiger partial charge in [0.25, 0.3) is 0 Å². The standard InChI is InChI=1S/C15H22O2/c1-8(16)17-7-12-5-11-6-13(12)15-10-3-2-9(4-10)14(11)15/h9-15H,2-7H2,1H3. The molecule has 0 heterocycles. The molecule has 0 N–H and O–H groups in total. The third kappa shape index (κ3) is 1.36. The number of hydrogen-bond acceptors (Lipinski definition) is 2. The summed E-state index contributed by atoms with van der Waals surface area (Å²) in [4.78, 5) is 10.9. The average Bonchev–Trinajstić information content (AvgIpc) is 3.03. The molecule has 0 aromatic rings. The number of hydrogen-bond donors (Lipinski definition) is 0. The van der Waals surface area contributed by atoms with Gasteiger partial charge in [0.1, 0.15) is 0 Å². The van der Waals surface area contributed by atoms with Gasteiger partial charge in [-0.2, -0.15) is 0 Å². The van der Waals surface area contributed by atoms with Crippen molar-refractivity contribution in [1.82, 2.24) is 0 Å². The minimum Gasteiger partial charge on any atom is -0.466 e. The molecule has 2 nitrogen and oxygen atoms in total. The summed E-state index contributed by atoms with van der Waals surface area (Å²) in [5, 5.41) is 0. The Kier molecular flexibility index (Phi) is 2.13. The molecule has 94 valence electrons. The Morgan fingerprint density at radius 3 is 2.59 bits per heavy atom. The first-order chi connectivity index (χ1) is 8.24. The zero-order chi connectivity index (χ0) is 11.6. The molecule has 4 aliphatic rings. The second-order valence-electron chi connectivity index (χ2n) is 6.95. The molecular formula is C15H22O2. The van der Waals surface area contributed by atoms with E-state index in [9.17, 15) is 4.79 Å². The van der Waals surface area contributed by atoms with Gasteiger partial charge in [0.15, 0.2) is 0 Å². The zero-order valence-corrected chi connectivity index (χ0v) is 10.6. The van der Waals surface area contributed by atoms with Crippen LogP contribution in [-0.4, -0.2) is 12.6 Å². The van der Waals surface area contributed by atoms with Crippen LogP contribution in [-0.2, 0) is 9.53 Å². The number of rotatable bonds is 2. The first-order valence-electron chi connectivity index (χ1n) is 7.37. The van der Waals surface area contributed by atoms with Crippen molar-refractivity contribution in [2.24, 2.45) is 41.4 Å². The maximum Gasteiger partial charge on any atom is 0.302 e. The molecule has 17 heavy (non-hydrogen) atoms. The molecule has 4 bridgehead atoms. The Hall–Kier alpha value is -0.530. The van der Waals surface area contributed by atoms with Crippen LogP contribution in [0.3, 0.4) is 0 Å². The predicted molar refractivity (Wildman–Crippen MR) is 64.1 cm³/mol. The van der Waals surface area contributed by atoms with Gasteiger partial charge in [-0.05, 0) is 73.5 Å². The maximum atomic E-state index is 10.9. The highest BCUT2D eigenvalue weighted by atomic mass is 16.5. The fourth-order valence-corrected chi connectivity index (χ4v) is 6.12. The summed E-state index contributed by atoms with van der Waals surface area (Å²) in [6, 6.07) is 0. The molecule has 7 atom stereocenters. The van der Waals surface area contributed by atoms with Crippen LogP contribution in [0.1, 0.15) is 39.0 Å². The molecule has 0 saturated heterocycles. The van der Waals surface area contributed by atoms with Crippen LogP contribution in [0.5, 0.6) is 0 Å². The summed E-state index contributed by atoms with van der Waals surface area (Å²) in [5.74, 6) is 6.71. The number of carbonyl (C=O) groups is 1. The first kappa shape index (κ1) is 10.4. The van der Waals surface area contributed by atoms with Gasteiger partial charge < -0.3 is 4.74 Å². The predicted octanol–water partition coefficient (Wildman–Crippen LogP) is 2.87. The highest BCUT2D eigenvalue weighted by molar-refractivity contribution is 5.65. The number of carbonyl (C=O) groups excluding carboxylic acids is 1. The highest BCUT2D eigenvalue weighted by Gasteiger charge is 2.62. The topological polar surface area (TPSA) is 26.3 Å². The van der Waals surface area contributed by atoms with Gasteiger partial charge in [0.05, 0.1) is 6.61 Å². The molecule has 0 aromatic heterocycles. The summed E-state index contributed by atoms with van der Waals surface area (Å²) < 4.78 is 5.27. The van der Waals surface area contributed by atoms with E-state index in [2.05, 4.69) is 0 Å². The second-order valence-corrected chi connectivity index (χ2v) is 6.95. The fourth-order valence-electron chi connectivity index (χ4n) is 6.12. The fraction of sp³-hybridized carbons (Fsp3) is 0.933. The van der Waals surface area contributed by atoms with E-state index in [4.69, 9.17) is 4.74 Å². The van der Waals surface area contributed by atoms with Crippen LogP contribution in [0.4, 0.5) is 0 Å². The Bertz CT molecular complexity index is 351. The number of esters is 1. The summed E-state index contributed by atoms with van der Waals surface area (Å²) >= 11 is 0. The molecule has 0 aromatic carbocycles. The zero-order valence-electron chi connectivity index (χ0n) is 10.6. The lowest BCUT2D eigenvalue weighted by molar-refractivity contribution is -0.143. The van der Waals surface area contributed by atoms with Crippen LogP contribution in [0, 0.1) is 41.4 Å². The van der Waals surface area contributed by atoms with E-state index in [0.29, 0.717) is 12.5 Å². The smallest absolute Gasteiger partial charge is 0.302 e. The molecule has 0 amide bonds. The molecule has 7 unspecified atom stereocenters. The van der Waals surface area contributed by atoms with Crippen LogP contribution in [0.25, 0.3) is 0 Å². The van der Waals surface area contributed by atoms with Crippen molar-refractivity contribution in [3.05, 3.63) is 0 Å². The molecule has 4 aliphatic carbocycles. The van der Waals surface area contributed by atoms with Crippen molar-refractivity contribution < 1.29 is 9.53 Å². The molecule has 4 saturated carbocycles. The highest BCUT2D eigenvalue weighted by Crippen LogP contribution is 2.68.